The largest absolute Gasteiger partial charge is 0.361 e. The van der Waals surface area contributed by atoms with Crippen LogP contribution >= 0.6 is 11.8 Å². The van der Waals surface area contributed by atoms with Crippen LogP contribution in [0.25, 0.3) is 10.9 Å². The third kappa shape index (κ3) is 3.54. The van der Waals surface area contributed by atoms with E-state index < -0.39 is 0 Å². The van der Waals surface area contributed by atoms with Crippen LogP contribution in [-0.4, -0.2) is 28.8 Å². The second-order valence-corrected chi connectivity index (χ2v) is 5.07. The van der Waals surface area contributed by atoms with Crippen LogP contribution in [0.1, 0.15) is 12.0 Å². The lowest BCUT2D eigenvalue weighted by Gasteiger charge is -2.02. The van der Waals surface area contributed by atoms with E-state index in [-0.39, 0.29) is 0 Å². The van der Waals surface area contributed by atoms with Crippen molar-refractivity contribution in [1.29, 1.82) is 0 Å². The first-order chi connectivity index (χ1) is 9.35. The summed E-state index contributed by atoms with van der Waals surface area (Å²) in [7, 11) is 0. The van der Waals surface area contributed by atoms with Crippen molar-refractivity contribution in [2.24, 2.45) is 10.2 Å². The molecule has 0 fully saturated rings. The quantitative estimate of drug-likeness (QED) is 0.380. The summed E-state index contributed by atoms with van der Waals surface area (Å²) in [5.74, 6) is 0.405. The Balaban J connectivity index is 2.06. The maximum Gasteiger partial charge on any atom is 0.130 e. The van der Waals surface area contributed by atoms with Gasteiger partial charge in [0.05, 0.1) is 10.8 Å². The summed E-state index contributed by atoms with van der Waals surface area (Å²) in [5, 5.41) is 9.58. The lowest BCUT2D eigenvalue weighted by Crippen LogP contribution is -1.97. The van der Waals surface area contributed by atoms with Crippen LogP contribution in [0.4, 0.5) is 0 Å². The summed E-state index contributed by atoms with van der Waals surface area (Å²) < 4.78 is 0. The number of aryl methyl sites for hydroxylation is 1. The van der Waals surface area contributed by atoms with Crippen molar-refractivity contribution in [2.75, 3.05) is 5.75 Å². The molecule has 0 atom stereocenters. The maximum atomic E-state index is 10.4. The van der Waals surface area contributed by atoms with Crippen LogP contribution in [0.2, 0.25) is 0 Å². The zero-order chi connectivity index (χ0) is 13.5. The number of H-pyrrole nitrogens is 1. The van der Waals surface area contributed by atoms with E-state index in [0.29, 0.717) is 5.75 Å². The first-order valence-corrected chi connectivity index (χ1v) is 6.97. The highest BCUT2D eigenvalue weighted by atomic mass is 32.2. The summed E-state index contributed by atoms with van der Waals surface area (Å²) in [6, 6.07) is 8.20. The highest BCUT2D eigenvalue weighted by Crippen LogP contribution is 2.20. The van der Waals surface area contributed by atoms with Crippen LogP contribution in [0.3, 0.4) is 0 Å². The van der Waals surface area contributed by atoms with Gasteiger partial charge in [0.2, 0.25) is 0 Å². The third-order valence-corrected chi connectivity index (χ3v) is 3.71. The second kappa shape index (κ2) is 6.89. The molecule has 0 radical (unpaired) electrons. The zero-order valence-corrected chi connectivity index (χ0v) is 11.3. The summed E-state index contributed by atoms with van der Waals surface area (Å²) in [6.07, 6.45) is 4.52. The molecule has 2 rings (SSSR count). The Labute approximate surface area is 116 Å². The lowest BCUT2D eigenvalue weighted by atomic mass is 10.1. The molecule has 0 aliphatic heterocycles. The smallest absolute Gasteiger partial charge is 0.130 e. The average Bonchev–Trinajstić information content (AvgIpc) is 2.85. The molecule has 1 N–H and O–H groups in total. The van der Waals surface area contributed by atoms with Gasteiger partial charge in [-0.2, -0.15) is 5.10 Å². The Morgan fingerprint density at radius 2 is 2.26 bits per heavy atom. The summed E-state index contributed by atoms with van der Waals surface area (Å²) in [5.41, 5.74) is 2.39. The molecule has 0 amide bonds. The number of nitrogens with zero attached hydrogens (tertiary/aromatic N) is 2. The molecule has 2 aromatic rings. The summed E-state index contributed by atoms with van der Waals surface area (Å²) in [6.45, 7) is 3.36. The molecular formula is C14H15N3OS. The molecule has 0 bridgehead atoms. The minimum atomic E-state index is 0.405. The topological polar surface area (TPSA) is 57.6 Å². The van der Waals surface area contributed by atoms with Crippen molar-refractivity contribution in [3.63, 3.8) is 0 Å². The number of carbonyl (C=O) groups excluding carboxylic acids is 1. The first-order valence-electron chi connectivity index (χ1n) is 5.99. The second-order valence-electron chi connectivity index (χ2n) is 3.97. The van der Waals surface area contributed by atoms with Crippen LogP contribution in [0.15, 0.2) is 40.7 Å². The molecular weight excluding hydrogens is 258 g/mol. The van der Waals surface area contributed by atoms with Gasteiger partial charge in [-0.3, -0.25) is 0 Å². The highest BCUT2D eigenvalue weighted by Gasteiger charge is 2.06. The molecule has 1 aromatic carbocycles. The van der Waals surface area contributed by atoms with Gasteiger partial charge in [-0.1, -0.05) is 18.2 Å². The number of para-hydroxylation sites is 1. The van der Waals surface area contributed by atoms with Gasteiger partial charge in [0.25, 0.3) is 0 Å². The Kier molecular flexibility index (Phi) is 4.92. The van der Waals surface area contributed by atoms with Gasteiger partial charge in [0.1, 0.15) is 6.29 Å². The molecule has 4 nitrogen and oxygen atoms in total. The monoisotopic (exact) mass is 273 g/mol. The molecule has 0 saturated heterocycles. The van der Waals surface area contributed by atoms with E-state index >= 15 is 0 Å². The Bertz CT molecular complexity index is 604. The number of carbonyl (C=O) groups is 1. The van der Waals surface area contributed by atoms with Crippen molar-refractivity contribution in [3.8, 4) is 0 Å². The summed E-state index contributed by atoms with van der Waals surface area (Å²) in [4.78, 5) is 13.6. The van der Waals surface area contributed by atoms with Crippen molar-refractivity contribution in [2.45, 2.75) is 12.8 Å². The Hall–Kier alpha value is -1.88. The van der Waals surface area contributed by atoms with Crippen molar-refractivity contribution < 1.29 is 4.79 Å². The molecule has 98 valence electrons. The van der Waals surface area contributed by atoms with E-state index in [4.69, 9.17) is 0 Å². The van der Waals surface area contributed by atoms with Gasteiger partial charge < -0.3 is 9.78 Å². The summed E-state index contributed by atoms with van der Waals surface area (Å²) >= 11 is 1.41. The Morgan fingerprint density at radius 3 is 3.05 bits per heavy atom. The predicted molar refractivity (Wildman–Crippen MR) is 82.1 cm³/mol. The minimum Gasteiger partial charge on any atom is -0.361 e. The SMILES string of the molecule is C=N/N=C(\CCc1c[nH]c2ccccc12)SCC=O. The van der Waals surface area contributed by atoms with Gasteiger partial charge in [-0.25, -0.2) is 0 Å². The first kappa shape index (κ1) is 13.5. The van der Waals surface area contributed by atoms with Gasteiger partial charge in [0.15, 0.2) is 0 Å². The van der Waals surface area contributed by atoms with Crippen LogP contribution in [-0.2, 0) is 11.2 Å². The van der Waals surface area contributed by atoms with Crippen molar-refractivity contribution in [1.82, 2.24) is 4.98 Å². The average molecular weight is 273 g/mol. The molecule has 0 unspecified atom stereocenters. The molecule has 19 heavy (non-hydrogen) atoms. The van der Waals surface area contributed by atoms with E-state index in [2.05, 4.69) is 34.0 Å². The zero-order valence-electron chi connectivity index (χ0n) is 10.5. The van der Waals surface area contributed by atoms with Crippen LogP contribution in [0.5, 0.6) is 0 Å². The number of fused-ring (bicyclic) bond motifs is 1. The molecule has 1 aromatic heterocycles. The van der Waals surface area contributed by atoms with Gasteiger partial charge in [-0.05, 0) is 18.1 Å². The molecule has 0 aliphatic rings. The molecule has 0 spiro atoms. The van der Waals surface area contributed by atoms with Crippen LogP contribution < -0.4 is 0 Å². The number of nitrogens with one attached hydrogen (secondary N) is 1. The highest BCUT2D eigenvalue weighted by molar-refractivity contribution is 8.14. The Morgan fingerprint density at radius 1 is 1.42 bits per heavy atom. The van der Waals surface area contributed by atoms with Crippen molar-refractivity contribution in [3.05, 3.63) is 36.0 Å². The lowest BCUT2D eigenvalue weighted by molar-refractivity contribution is -0.105. The number of aldehydes is 1. The number of aromatic amines is 1. The standard InChI is InChI=1S/C14H15N3OS/c1-15-17-14(19-9-8-18)7-6-11-10-16-13-5-3-2-4-12(11)13/h2-5,8,10,16H,1,6-7,9H2/b17-14+. The van der Waals surface area contributed by atoms with Crippen molar-refractivity contribution >= 4 is 40.7 Å². The fourth-order valence-corrected chi connectivity index (χ4v) is 2.56. The number of benzene rings is 1. The van der Waals surface area contributed by atoms with Gasteiger partial charge >= 0.3 is 0 Å². The van der Waals surface area contributed by atoms with Gasteiger partial charge in [0, 0.05) is 30.2 Å². The maximum absolute atomic E-state index is 10.4. The van der Waals surface area contributed by atoms with E-state index in [0.717, 1.165) is 29.7 Å². The fraction of sp³-hybridized carbons (Fsp3) is 0.214. The number of thioether (sulfide) groups is 1. The minimum absolute atomic E-state index is 0.405. The van der Waals surface area contributed by atoms with E-state index in [9.17, 15) is 4.79 Å². The number of hydrogen-bond acceptors (Lipinski definition) is 4. The van der Waals surface area contributed by atoms with Crippen LogP contribution in [0, 0.1) is 0 Å². The number of hydrogen-bond donors (Lipinski definition) is 1. The fourth-order valence-electron chi connectivity index (χ4n) is 1.94. The third-order valence-electron chi connectivity index (χ3n) is 2.78. The number of aromatic nitrogens is 1. The van der Waals surface area contributed by atoms with E-state index in [1.807, 2.05) is 18.3 Å². The number of rotatable bonds is 6. The molecule has 0 saturated carbocycles. The van der Waals surface area contributed by atoms with Gasteiger partial charge in [-0.15, -0.1) is 16.9 Å². The molecule has 1 heterocycles. The molecule has 0 aliphatic carbocycles. The van der Waals surface area contributed by atoms with E-state index in [1.165, 1.54) is 22.7 Å². The van der Waals surface area contributed by atoms with E-state index in [1.54, 1.807) is 0 Å². The normalized spacial score (nSPS) is 11.7. The predicted octanol–water partition coefficient (Wildman–Crippen LogP) is 3.05. The molecule has 5 heteroatoms.